The zero-order valence-electron chi connectivity index (χ0n) is 7.02. The maximum atomic E-state index is 12.1. The van der Waals surface area contributed by atoms with E-state index in [-0.39, 0.29) is 5.56 Å². The van der Waals surface area contributed by atoms with E-state index < -0.39 is 22.8 Å². The van der Waals surface area contributed by atoms with Crippen LogP contribution in [0.4, 0.5) is 13.2 Å². The molecule has 1 rings (SSSR count). The Balaban J connectivity index is 3.20. The third kappa shape index (κ3) is 2.23. The summed E-state index contributed by atoms with van der Waals surface area (Å²) < 4.78 is 36.3. The molecule has 0 aliphatic rings. The van der Waals surface area contributed by atoms with Gasteiger partial charge in [-0.15, -0.1) is 0 Å². The maximum Gasteiger partial charge on any atom is 0.433 e. The SMILES string of the molecule is CC(=O)c1ccc(C(F)(F)F)nc1Cl. The molecule has 0 radical (unpaired) electrons. The molecule has 0 aliphatic heterocycles. The first kappa shape index (κ1) is 11.0. The molecule has 14 heavy (non-hydrogen) atoms. The smallest absolute Gasteiger partial charge is 0.294 e. The number of halogens is 4. The Morgan fingerprint density at radius 1 is 1.43 bits per heavy atom. The molecule has 0 atom stereocenters. The Kier molecular flexibility index (Phi) is 2.80. The van der Waals surface area contributed by atoms with Crippen molar-refractivity contribution in [3.05, 3.63) is 28.5 Å². The molecule has 1 heterocycles. The average molecular weight is 224 g/mol. The van der Waals surface area contributed by atoms with Crippen molar-refractivity contribution < 1.29 is 18.0 Å². The molecule has 0 aliphatic carbocycles. The van der Waals surface area contributed by atoms with Crippen LogP contribution in [0.5, 0.6) is 0 Å². The van der Waals surface area contributed by atoms with Gasteiger partial charge in [-0.25, -0.2) is 4.98 Å². The molecule has 0 bridgehead atoms. The lowest BCUT2D eigenvalue weighted by Gasteiger charge is -2.06. The van der Waals surface area contributed by atoms with E-state index in [9.17, 15) is 18.0 Å². The molecular formula is C8H5ClF3NO. The van der Waals surface area contributed by atoms with Crippen LogP contribution in [0.2, 0.25) is 5.15 Å². The number of rotatable bonds is 1. The van der Waals surface area contributed by atoms with Gasteiger partial charge >= 0.3 is 6.18 Å². The Morgan fingerprint density at radius 3 is 2.36 bits per heavy atom. The van der Waals surface area contributed by atoms with Crippen molar-refractivity contribution >= 4 is 17.4 Å². The van der Waals surface area contributed by atoms with Crippen LogP contribution in [0.3, 0.4) is 0 Å². The van der Waals surface area contributed by atoms with Crippen LogP contribution in [0.15, 0.2) is 12.1 Å². The highest BCUT2D eigenvalue weighted by atomic mass is 35.5. The summed E-state index contributed by atoms with van der Waals surface area (Å²) in [6.45, 7) is 1.20. The summed E-state index contributed by atoms with van der Waals surface area (Å²) in [5.74, 6) is -0.420. The van der Waals surface area contributed by atoms with Crippen molar-refractivity contribution in [3.63, 3.8) is 0 Å². The number of pyridine rings is 1. The van der Waals surface area contributed by atoms with Crippen molar-refractivity contribution in [2.24, 2.45) is 0 Å². The molecule has 0 saturated heterocycles. The van der Waals surface area contributed by atoms with E-state index in [1.807, 2.05) is 0 Å². The second kappa shape index (κ2) is 3.57. The first-order valence-corrected chi connectivity index (χ1v) is 3.95. The fourth-order valence-corrected chi connectivity index (χ4v) is 1.14. The van der Waals surface area contributed by atoms with Crippen LogP contribution in [0, 0.1) is 0 Å². The molecule has 76 valence electrons. The summed E-state index contributed by atoms with van der Waals surface area (Å²) in [6, 6.07) is 1.74. The molecule has 0 spiro atoms. The van der Waals surface area contributed by atoms with E-state index in [2.05, 4.69) is 4.98 Å². The monoisotopic (exact) mass is 223 g/mol. The van der Waals surface area contributed by atoms with Crippen LogP contribution >= 0.6 is 11.6 Å². The van der Waals surface area contributed by atoms with Gasteiger partial charge in [0, 0.05) is 0 Å². The summed E-state index contributed by atoms with van der Waals surface area (Å²) in [7, 11) is 0. The number of carbonyl (C=O) groups is 1. The highest BCUT2D eigenvalue weighted by Crippen LogP contribution is 2.29. The van der Waals surface area contributed by atoms with Crippen LogP contribution in [0.25, 0.3) is 0 Å². The molecule has 6 heteroatoms. The number of carbonyl (C=O) groups excluding carboxylic acids is 1. The largest absolute Gasteiger partial charge is 0.433 e. The summed E-state index contributed by atoms with van der Waals surface area (Å²) >= 11 is 5.40. The Labute approximate surface area is 82.7 Å². The quantitative estimate of drug-likeness (QED) is 0.541. The Bertz CT molecular complexity index is 375. The van der Waals surface area contributed by atoms with E-state index in [1.165, 1.54) is 6.92 Å². The normalized spacial score (nSPS) is 11.5. The Hall–Kier alpha value is -1.10. The number of aromatic nitrogens is 1. The van der Waals surface area contributed by atoms with Gasteiger partial charge in [0.1, 0.15) is 10.8 Å². The van der Waals surface area contributed by atoms with E-state index in [4.69, 9.17) is 11.6 Å². The molecule has 2 nitrogen and oxygen atoms in total. The van der Waals surface area contributed by atoms with Gasteiger partial charge in [-0.2, -0.15) is 13.2 Å². The van der Waals surface area contributed by atoms with Crippen molar-refractivity contribution in [1.82, 2.24) is 4.98 Å². The number of ketones is 1. The van der Waals surface area contributed by atoms with Gasteiger partial charge in [-0.3, -0.25) is 4.79 Å². The molecule has 0 N–H and O–H groups in total. The van der Waals surface area contributed by atoms with Gasteiger partial charge in [-0.05, 0) is 19.1 Å². The zero-order chi connectivity index (χ0) is 10.9. The van der Waals surface area contributed by atoms with Crippen LogP contribution in [-0.2, 0) is 6.18 Å². The minimum Gasteiger partial charge on any atom is -0.294 e. The van der Waals surface area contributed by atoms with Crippen LogP contribution < -0.4 is 0 Å². The molecule has 1 aromatic heterocycles. The zero-order valence-corrected chi connectivity index (χ0v) is 7.78. The standard InChI is InChI=1S/C8H5ClF3NO/c1-4(14)5-2-3-6(8(10,11)12)13-7(5)9/h2-3H,1H3. The van der Waals surface area contributed by atoms with Crippen LogP contribution in [-0.4, -0.2) is 10.8 Å². The summed E-state index contributed by atoms with van der Waals surface area (Å²) in [6.07, 6.45) is -4.54. The lowest BCUT2D eigenvalue weighted by molar-refractivity contribution is -0.141. The van der Waals surface area contributed by atoms with Gasteiger partial charge in [0.05, 0.1) is 5.56 Å². The number of Topliss-reactive ketones (excluding diaryl/α,β-unsaturated/α-hetero) is 1. The summed E-state index contributed by atoms with van der Waals surface area (Å²) in [5.41, 5.74) is -1.12. The lowest BCUT2D eigenvalue weighted by atomic mass is 10.2. The van der Waals surface area contributed by atoms with E-state index in [0.717, 1.165) is 12.1 Å². The number of alkyl halides is 3. The molecule has 0 saturated carbocycles. The van der Waals surface area contributed by atoms with E-state index >= 15 is 0 Å². The second-order valence-corrected chi connectivity index (χ2v) is 2.95. The first-order valence-electron chi connectivity index (χ1n) is 3.57. The molecule has 0 unspecified atom stereocenters. The second-order valence-electron chi connectivity index (χ2n) is 2.59. The minimum atomic E-state index is -4.54. The predicted octanol–water partition coefficient (Wildman–Crippen LogP) is 2.96. The highest BCUT2D eigenvalue weighted by molar-refractivity contribution is 6.32. The van der Waals surface area contributed by atoms with Crippen molar-refractivity contribution in [2.75, 3.05) is 0 Å². The van der Waals surface area contributed by atoms with Gasteiger partial charge in [0.25, 0.3) is 0 Å². The van der Waals surface area contributed by atoms with E-state index in [1.54, 1.807) is 0 Å². The van der Waals surface area contributed by atoms with Gasteiger partial charge in [-0.1, -0.05) is 11.6 Å². The molecule has 0 amide bonds. The minimum absolute atomic E-state index is 0.0142. The lowest BCUT2D eigenvalue weighted by Crippen LogP contribution is -2.09. The molecule has 0 fully saturated rings. The molecule has 0 aromatic carbocycles. The average Bonchev–Trinajstić information content (AvgIpc) is 2.01. The molecule has 1 aromatic rings. The van der Waals surface area contributed by atoms with E-state index in [0.29, 0.717) is 0 Å². The Morgan fingerprint density at radius 2 is 2.00 bits per heavy atom. The number of nitrogens with zero attached hydrogens (tertiary/aromatic N) is 1. The maximum absolute atomic E-state index is 12.1. The molecular weight excluding hydrogens is 219 g/mol. The number of hydrogen-bond acceptors (Lipinski definition) is 2. The van der Waals surface area contributed by atoms with Gasteiger partial charge in [0.2, 0.25) is 0 Å². The van der Waals surface area contributed by atoms with Gasteiger partial charge < -0.3 is 0 Å². The first-order chi connectivity index (χ1) is 6.32. The third-order valence-corrected chi connectivity index (χ3v) is 1.81. The van der Waals surface area contributed by atoms with Crippen molar-refractivity contribution in [3.8, 4) is 0 Å². The summed E-state index contributed by atoms with van der Waals surface area (Å²) in [4.78, 5) is 13.9. The van der Waals surface area contributed by atoms with Crippen LogP contribution in [0.1, 0.15) is 23.0 Å². The van der Waals surface area contributed by atoms with Crippen molar-refractivity contribution in [2.45, 2.75) is 13.1 Å². The third-order valence-electron chi connectivity index (χ3n) is 1.52. The summed E-state index contributed by atoms with van der Waals surface area (Å²) in [5, 5.41) is -0.424. The fraction of sp³-hybridized carbons (Fsp3) is 0.250. The fourth-order valence-electron chi connectivity index (χ4n) is 0.855. The predicted molar refractivity (Wildman–Crippen MR) is 44.3 cm³/mol. The highest BCUT2D eigenvalue weighted by Gasteiger charge is 2.33. The topological polar surface area (TPSA) is 30.0 Å². The van der Waals surface area contributed by atoms with Gasteiger partial charge in [0.15, 0.2) is 5.78 Å². The number of hydrogen-bond donors (Lipinski definition) is 0. The van der Waals surface area contributed by atoms with Crippen molar-refractivity contribution in [1.29, 1.82) is 0 Å².